The van der Waals surface area contributed by atoms with Crippen LogP contribution in [-0.4, -0.2) is 49.4 Å². The number of hydrogen-bond donors (Lipinski definition) is 0. The van der Waals surface area contributed by atoms with Crippen LogP contribution in [0, 0.1) is 0 Å². The summed E-state index contributed by atoms with van der Waals surface area (Å²) in [5.41, 5.74) is 4.99. The average Bonchev–Trinajstić information content (AvgIpc) is 3.11. The molecule has 0 aliphatic rings. The second-order valence-corrected chi connectivity index (χ2v) is 14.2. The normalized spacial score (nSPS) is 11.7. The van der Waals surface area contributed by atoms with Crippen LogP contribution < -0.4 is 0 Å². The Balaban J connectivity index is 1.85. The zero-order valence-electron chi connectivity index (χ0n) is 32.1. The van der Waals surface area contributed by atoms with Gasteiger partial charge in [-0.05, 0) is 60.1 Å². The van der Waals surface area contributed by atoms with E-state index in [4.69, 9.17) is 9.47 Å². The molecular formula is C44H76N2O2. The lowest BCUT2D eigenvalue weighted by Gasteiger charge is -2.22. The van der Waals surface area contributed by atoms with Crippen LogP contribution in [-0.2, 0) is 22.7 Å². The van der Waals surface area contributed by atoms with E-state index in [1.807, 2.05) is 0 Å². The molecule has 0 amide bonds. The van der Waals surface area contributed by atoms with Crippen LogP contribution in [0.1, 0.15) is 167 Å². The lowest BCUT2D eigenvalue weighted by molar-refractivity contribution is 0.0168. The Bertz CT molecular complexity index is 916. The van der Waals surface area contributed by atoms with Crippen LogP contribution in [0.25, 0.3) is 11.1 Å². The molecule has 4 heteroatoms. The summed E-state index contributed by atoms with van der Waals surface area (Å²) in [5, 5.41) is 0. The third-order valence-corrected chi connectivity index (χ3v) is 9.58. The summed E-state index contributed by atoms with van der Waals surface area (Å²) in [5.74, 6) is 0. The predicted molar refractivity (Wildman–Crippen MR) is 209 cm³/mol. The van der Waals surface area contributed by atoms with Gasteiger partial charge < -0.3 is 9.47 Å². The molecule has 0 aromatic heterocycles. The third-order valence-electron chi connectivity index (χ3n) is 9.58. The lowest BCUT2D eigenvalue weighted by Crippen LogP contribution is -2.28. The van der Waals surface area contributed by atoms with Gasteiger partial charge in [0.25, 0.3) is 0 Å². The molecule has 0 spiro atoms. The van der Waals surface area contributed by atoms with E-state index in [0.29, 0.717) is 13.2 Å². The van der Waals surface area contributed by atoms with Crippen LogP contribution in [0.4, 0.5) is 0 Å². The van der Waals surface area contributed by atoms with Crippen LogP contribution >= 0.6 is 0 Å². The molecule has 0 N–H and O–H groups in total. The van der Waals surface area contributed by atoms with Gasteiger partial charge in [-0.25, -0.2) is 0 Å². The van der Waals surface area contributed by atoms with Gasteiger partial charge in [0.2, 0.25) is 0 Å². The Labute approximate surface area is 298 Å². The summed E-state index contributed by atoms with van der Waals surface area (Å²) in [6.45, 7) is 16.6. The SMILES string of the molecule is CCCCCCCCN(CCCCCC)COCc1cccc(-c2cccc(COCN(CCCCCC)CCCCCCCC)c2)c1. The quantitative estimate of drug-likeness (QED) is 0.0560. The summed E-state index contributed by atoms with van der Waals surface area (Å²) in [6.07, 6.45) is 26.6. The zero-order valence-corrected chi connectivity index (χ0v) is 32.1. The van der Waals surface area contributed by atoms with Crippen LogP contribution in [0.15, 0.2) is 48.5 Å². The van der Waals surface area contributed by atoms with Gasteiger partial charge in [0, 0.05) is 26.2 Å². The minimum Gasteiger partial charge on any atom is -0.361 e. The lowest BCUT2D eigenvalue weighted by atomic mass is 10.0. The van der Waals surface area contributed by atoms with Gasteiger partial charge in [0.1, 0.15) is 0 Å². The monoisotopic (exact) mass is 665 g/mol. The smallest absolute Gasteiger partial charge is 0.0994 e. The van der Waals surface area contributed by atoms with E-state index >= 15 is 0 Å². The number of rotatable bonds is 33. The number of unbranched alkanes of at least 4 members (excludes halogenated alkanes) is 16. The maximum Gasteiger partial charge on any atom is 0.0994 e. The average molecular weight is 665 g/mol. The molecule has 0 aliphatic carbocycles. The van der Waals surface area contributed by atoms with E-state index in [0.717, 1.165) is 39.6 Å². The molecule has 0 saturated carbocycles. The maximum absolute atomic E-state index is 6.32. The maximum atomic E-state index is 6.32. The highest BCUT2D eigenvalue weighted by Gasteiger charge is 2.08. The molecular weight excluding hydrogens is 588 g/mol. The van der Waals surface area contributed by atoms with Gasteiger partial charge in [0.05, 0.1) is 26.7 Å². The first-order valence-electron chi connectivity index (χ1n) is 20.5. The molecule has 0 heterocycles. The number of benzene rings is 2. The number of hydrogen-bond acceptors (Lipinski definition) is 4. The van der Waals surface area contributed by atoms with Crippen LogP contribution in [0.2, 0.25) is 0 Å². The van der Waals surface area contributed by atoms with Crippen molar-refractivity contribution in [2.45, 2.75) is 169 Å². The van der Waals surface area contributed by atoms with Gasteiger partial charge in [-0.15, -0.1) is 0 Å². The van der Waals surface area contributed by atoms with Gasteiger partial charge in [-0.1, -0.05) is 167 Å². The molecule has 2 aromatic carbocycles. The van der Waals surface area contributed by atoms with Crippen molar-refractivity contribution in [3.8, 4) is 11.1 Å². The summed E-state index contributed by atoms with van der Waals surface area (Å²) in [4.78, 5) is 5.09. The number of ether oxygens (including phenoxy) is 2. The summed E-state index contributed by atoms with van der Waals surface area (Å²) >= 11 is 0. The molecule has 0 atom stereocenters. The van der Waals surface area contributed by atoms with Crippen molar-refractivity contribution in [2.24, 2.45) is 0 Å². The van der Waals surface area contributed by atoms with Crippen LogP contribution in [0.3, 0.4) is 0 Å². The minimum absolute atomic E-state index is 0.658. The molecule has 0 aliphatic heterocycles. The molecule has 2 rings (SSSR count). The molecule has 48 heavy (non-hydrogen) atoms. The second-order valence-electron chi connectivity index (χ2n) is 14.2. The fraction of sp³-hybridized carbons (Fsp3) is 0.727. The van der Waals surface area contributed by atoms with E-state index in [2.05, 4.69) is 86.0 Å². The van der Waals surface area contributed by atoms with Gasteiger partial charge in [0.15, 0.2) is 0 Å². The fourth-order valence-corrected chi connectivity index (χ4v) is 6.50. The van der Waals surface area contributed by atoms with Crippen LogP contribution in [0.5, 0.6) is 0 Å². The second kappa shape index (κ2) is 30.1. The van der Waals surface area contributed by atoms with Crippen molar-refractivity contribution in [3.05, 3.63) is 59.7 Å². The highest BCUT2D eigenvalue weighted by atomic mass is 16.5. The fourth-order valence-electron chi connectivity index (χ4n) is 6.50. The molecule has 0 fully saturated rings. The molecule has 0 unspecified atom stereocenters. The van der Waals surface area contributed by atoms with E-state index in [-0.39, 0.29) is 0 Å². The van der Waals surface area contributed by atoms with Crippen molar-refractivity contribution in [2.75, 3.05) is 39.6 Å². The predicted octanol–water partition coefficient (Wildman–Crippen LogP) is 12.8. The largest absolute Gasteiger partial charge is 0.361 e. The van der Waals surface area contributed by atoms with Crippen molar-refractivity contribution < 1.29 is 9.47 Å². The molecule has 2 aromatic rings. The van der Waals surface area contributed by atoms with Crippen molar-refractivity contribution in [1.29, 1.82) is 0 Å². The van der Waals surface area contributed by atoms with E-state index in [1.54, 1.807) is 0 Å². The molecule has 4 nitrogen and oxygen atoms in total. The Morgan fingerprint density at radius 3 is 1.06 bits per heavy atom. The first-order chi connectivity index (χ1) is 23.7. The van der Waals surface area contributed by atoms with E-state index in [9.17, 15) is 0 Å². The first kappa shape index (κ1) is 42.4. The van der Waals surface area contributed by atoms with E-state index < -0.39 is 0 Å². The highest BCUT2D eigenvalue weighted by molar-refractivity contribution is 5.64. The topological polar surface area (TPSA) is 24.9 Å². The van der Waals surface area contributed by atoms with Gasteiger partial charge in [-0.3, -0.25) is 9.80 Å². The molecule has 274 valence electrons. The highest BCUT2D eigenvalue weighted by Crippen LogP contribution is 2.23. The number of nitrogens with zero attached hydrogens (tertiary/aromatic N) is 2. The molecule has 0 bridgehead atoms. The molecule has 0 radical (unpaired) electrons. The zero-order chi connectivity index (χ0) is 34.3. The summed E-state index contributed by atoms with van der Waals surface area (Å²) in [6, 6.07) is 17.8. The Morgan fingerprint density at radius 2 is 0.708 bits per heavy atom. The van der Waals surface area contributed by atoms with Crippen molar-refractivity contribution in [3.63, 3.8) is 0 Å². The van der Waals surface area contributed by atoms with Crippen molar-refractivity contribution in [1.82, 2.24) is 9.80 Å². The third kappa shape index (κ3) is 21.4. The Morgan fingerprint density at radius 1 is 0.396 bits per heavy atom. The summed E-state index contributed by atoms with van der Waals surface area (Å²) in [7, 11) is 0. The van der Waals surface area contributed by atoms with Gasteiger partial charge in [-0.2, -0.15) is 0 Å². The van der Waals surface area contributed by atoms with E-state index in [1.165, 1.54) is 151 Å². The minimum atomic E-state index is 0.658. The summed E-state index contributed by atoms with van der Waals surface area (Å²) < 4.78 is 12.6. The standard InChI is InChI=1S/C44H76N2O2/c1-5-9-13-17-19-23-33-45(31-21-15-11-7-3)39-47-37-41-27-25-29-43(35-41)44-30-26-28-42(36-44)38-48-40-46(32-22-16-12-8-4)34-24-20-18-14-10-6-2/h25-30,35-36H,5-24,31-34,37-40H2,1-4H3. The molecule has 0 saturated heterocycles. The van der Waals surface area contributed by atoms with Gasteiger partial charge >= 0.3 is 0 Å². The van der Waals surface area contributed by atoms with Crippen molar-refractivity contribution >= 4 is 0 Å². The Kier molecular flexibility index (Phi) is 26.6. The Hall–Kier alpha value is -1.72. The first-order valence-corrected chi connectivity index (χ1v) is 20.5.